The van der Waals surface area contributed by atoms with E-state index in [4.69, 9.17) is 4.74 Å². The van der Waals surface area contributed by atoms with Crippen LogP contribution < -0.4 is 10.0 Å². The van der Waals surface area contributed by atoms with Crippen molar-refractivity contribution in [1.29, 1.82) is 0 Å². The van der Waals surface area contributed by atoms with Crippen molar-refractivity contribution in [3.05, 3.63) is 64.7 Å². The lowest BCUT2D eigenvalue weighted by molar-refractivity contribution is -0.124. The molecule has 0 aromatic heterocycles. The normalized spacial score (nSPS) is 14.7. The number of ether oxygens (including phenoxy) is 1. The molecule has 0 bridgehead atoms. The zero-order valence-corrected chi connectivity index (χ0v) is 18.8. The average Bonchev–Trinajstić information content (AvgIpc) is 3.55. The Morgan fingerprint density at radius 3 is 2.42 bits per heavy atom. The van der Waals surface area contributed by atoms with E-state index in [1.807, 2.05) is 31.2 Å². The van der Waals surface area contributed by atoms with Crippen LogP contribution in [0.25, 0.3) is 0 Å². The molecule has 2 aromatic rings. The van der Waals surface area contributed by atoms with Crippen LogP contribution >= 0.6 is 0 Å². The van der Waals surface area contributed by atoms with Crippen LogP contribution in [0.1, 0.15) is 59.8 Å². The van der Waals surface area contributed by atoms with E-state index in [1.165, 1.54) is 17.7 Å². The van der Waals surface area contributed by atoms with Crippen molar-refractivity contribution in [3.8, 4) is 0 Å². The van der Waals surface area contributed by atoms with E-state index in [-0.39, 0.29) is 22.5 Å². The van der Waals surface area contributed by atoms with Gasteiger partial charge < -0.3 is 10.1 Å². The van der Waals surface area contributed by atoms with E-state index >= 15 is 0 Å². The van der Waals surface area contributed by atoms with Crippen LogP contribution in [0.15, 0.2) is 47.4 Å². The van der Waals surface area contributed by atoms with Crippen molar-refractivity contribution < 1.29 is 22.7 Å². The summed E-state index contributed by atoms with van der Waals surface area (Å²) >= 11 is 0. The SMILES string of the molecule is CCc1ccc(C(C)NC(=O)COC(=O)c2cc(S(=O)(=O)NC3CC3)ccc2C)cc1. The van der Waals surface area contributed by atoms with Gasteiger partial charge in [-0.25, -0.2) is 17.9 Å². The third-order valence-electron chi connectivity index (χ3n) is 5.24. The van der Waals surface area contributed by atoms with Gasteiger partial charge in [-0.1, -0.05) is 37.3 Å². The highest BCUT2D eigenvalue weighted by Crippen LogP contribution is 2.23. The molecule has 0 aliphatic heterocycles. The van der Waals surface area contributed by atoms with Gasteiger partial charge in [0.25, 0.3) is 5.91 Å². The number of rotatable bonds is 9. The first-order valence-corrected chi connectivity index (χ1v) is 11.9. The molecule has 1 fully saturated rings. The molecule has 8 heteroatoms. The highest BCUT2D eigenvalue weighted by molar-refractivity contribution is 7.89. The van der Waals surface area contributed by atoms with Gasteiger partial charge in [-0.15, -0.1) is 0 Å². The summed E-state index contributed by atoms with van der Waals surface area (Å²) in [5, 5.41) is 2.80. The van der Waals surface area contributed by atoms with Gasteiger partial charge in [0.2, 0.25) is 10.0 Å². The summed E-state index contributed by atoms with van der Waals surface area (Å²) < 4.78 is 32.5. The highest BCUT2D eigenvalue weighted by atomic mass is 32.2. The van der Waals surface area contributed by atoms with Crippen LogP contribution in [0.5, 0.6) is 0 Å². The molecule has 31 heavy (non-hydrogen) atoms. The largest absolute Gasteiger partial charge is 0.452 e. The Kier molecular flexibility index (Phi) is 7.12. The molecule has 1 aliphatic carbocycles. The second-order valence-corrected chi connectivity index (χ2v) is 9.55. The van der Waals surface area contributed by atoms with Gasteiger partial charge in [-0.05, 0) is 61.9 Å². The minimum Gasteiger partial charge on any atom is -0.452 e. The van der Waals surface area contributed by atoms with E-state index in [0.29, 0.717) is 5.56 Å². The first kappa shape index (κ1) is 23.0. The van der Waals surface area contributed by atoms with Gasteiger partial charge in [0, 0.05) is 6.04 Å². The Labute approximate surface area is 183 Å². The lowest BCUT2D eigenvalue weighted by Gasteiger charge is -2.15. The molecule has 1 atom stereocenters. The molecule has 1 saturated carbocycles. The molecule has 0 heterocycles. The van der Waals surface area contributed by atoms with Crippen molar-refractivity contribution in [2.24, 2.45) is 0 Å². The second kappa shape index (κ2) is 9.62. The number of esters is 1. The lowest BCUT2D eigenvalue weighted by Crippen LogP contribution is -2.31. The summed E-state index contributed by atoms with van der Waals surface area (Å²) in [6, 6.07) is 12.0. The number of hydrogen-bond donors (Lipinski definition) is 2. The molecular weight excluding hydrogens is 416 g/mol. The number of sulfonamides is 1. The number of carbonyl (C=O) groups is 2. The van der Waals surface area contributed by atoms with E-state index in [2.05, 4.69) is 17.0 Å². The number of amides is 1. The summed E-state index contributed by atoms with van der Waals surface area (Å²) in [6.45, 7) is 5.16. The third kappa shape index (κ3) is 6.15. The Morgan fingerprint density at radius 2 is 1.81 bits per heavy atom. The summed E-state index contributed by atoms with van der Waals surface area (Å²) in [6.07, 6.45) is 2.57. The maximum Gasteiger partial charge on any atom is 0.338 e. The average molecular weight is 445 g/mol. The number of hydrogen-bond acceptors (Lipinski definition) is 5. The van der Waals surface area contributed by atoms with E-state index in [0.717, 1.165) is 24.8 Å². The predicted molar refractivity (Wildman–Crippen MR) is 117 cm³/mol. The molecule has 1 aliphatic rings. The van der Waals surface area contributed by atoms with Crippen LogP contribution in [-0.4, -0.2) is 32.9 Å². The van der Waals surface area contributed by atoms with Gasteiger partial charge in [0.1, 0.15) is 0 Å². The van der Waals surface area contributed by atoms with Crippen LogP contribution in [0.4, 0.5) is 0 Å². The molecule has 7 nitrogen and oxygen atoms in total. The number of benzene rings is 2. The zero-order valence-electron chi connectivity index (χ0n) is 18.0. The molecule has 0 radical (unpaired) electrons. The monoisotopic (exact) mass is 444 g/mol. The molecule has 2 aromatic carbocycles. The molecule has 1 unspecified atom stereocenters. The van der Waals surface area contributed by atoms with Gasteiger partial charge in [0.05, 0.1) is 16.5 Å². The quantitative estimate of drug-likeness (QED) is 0.579. The van der Waals surface area contributed by atoms with Crippen molar-refractivity contribution >= 4 is 21.9 Å². The Bertz CT molecular complexity index is 1060. The maximum absolute atomic E-state index is 12.5. The Hall–Kier alpha value is -2.71. The first-order valence-electron chi connectivity index (χ1n) is 10.4. The van der Waals surface area contributed by atoms with Crippen LogP contribution in [0.2, 0.25) is 0 Å². The van der Waals surface area contributed by atoms with Gasteiger partial charge in [-0.2, -0.15) is 0 Å². The third-order valence-corrected chi connectivity index (χ3v) is 6.76. The highest BCUT2D eigenvalue weighted by Gasteiger charge is 2.28. The van der Waals surface area contributed by atoms with Crippen LogP contribution in [0.3, 0.4) is 0 Å². The Morgan fingerprint density at radius 1 is 1.13 bits per heavy atom. The fourth-order valence-electron chi connectivity index (χ4n) is 3.09. The summed E-state index contributed by atoms with van der Waals surface area (Å²) in [4.78, 5) is 24.7. The lowest BCUT2D eigenvalue weighted by atomic mass is 10.1. The smallest absolute Gasteiger partial charge is 0.338 e. The van der Waals surface area contributed by atoms with Crippen molar-refractivity contribution in [1.82, 2.24) is 10.0 Å². The van der Waals surface area contributed by atoms with Crippen LogP contribution in [0, 0.1) is 6.92 Å². The second-order valence-electron chi connectivity index (χ2n) is 7.83. The van der Waals surface area contributed by atoms with Crippen LogP contribution in [-0.2, 0) is 26.0 Å². The fourth-order valence-corrected chi connectivity index (χ4v) is 4.42. The van der Waals surface area contributed by atoms with Crippen molar-refractivity contribution in [2.75, 3.05) is 6.61 Å². The van der Waals surface area contributed by atoms with Gasteiger partial charge in [0.15, 0.2) is 6.61 Å². The van der Waals surface area contributed by atoms with Gasteiger partial charge >= 0.3 is 5.97 Å². The first-order chi connectivity index (χ1) is 14.7. The minimum atomic E-state index is -3.69. The predicted octanol–water partition coefficient (Wildman–Crippen LogP) is 3.03. The van der Waals surface area contributed by atoms with E-state index in [1.54, 1.807) is 13.0 Å². The van der Waals surface area contributed by atoms with Gasteiger partial charge in [-0.3, -0.25) is 4.79 Å². The Balaban J connectivity index is 1.59. The fraction of sp³-hybridized carbons (Fsp3) is 0.391. The topological polar surface area (TPSA) is 102 Å². The summed E-state index contributed by atoms with van der Waals surface area (Å²) in [7, 11) is -3.69. The number of nitrogens with one attached hydrogen (secondary N) is 2. The molecule has 3 rings (SSSR count). The summed E-state index contributed by atoms with van der Waals surface area (Å²) in [5.41, 5.74) is 2.85. The molecule has 166 valence electrons. The van der Waals surface area contributed by atoms with Crippen molar-refractivity contribution in [2.45, 2.75) is 57.0 Å². The van der Waals surface area contributed by atoms with E-state index < -0.39 is 28.5 Å². The molecular formula is C23H28N2O5S. The molecule has 1 amide bonds. The molecule has 2 N–H and O–H groups in total. The zero-order chi connectivity index (χ0) is 22.6. The standard InChI is InChI=1S/C23H28N2O5S/c1-4-17-6-8-18(9-7-17)16(3)24-22(26)14-30-23(27)21-13-20(12-5-15(21)2)31(28,29)25-19-10-11-19/h5-9,12-13,16,19,25H,4,10-11,14H2,1-3H3,(H,24,26). The molecule has 0 saturated heterocycles. The number of aryl methyl sites for hydroxylation is 2. The number of carbonyl (C=O) groups excluding carboxylic acids is 2. The maximum atomic E-state index is 12.5. The molecule has 0 spiro atoms. The van der Waals surface area contributed by atoms with E-state index in [9.17, 15) is 18.0 Å². The summed E-state index contributed by atoms with van der Waals surface area (Å²) in [5.74, 6) is -1.17. The minimum absolute atomic E-state index is 0.00514. The van der Waals surface area contributed by atoms with Crippen molar-refractivity contribution in [3.63, 3.8) is 0 Å².